The number of nitrogens with two attached hydrogens (primary N) is 1. The SMILES string of the molecule is CCCn1c(C(C)(C)C)nc2cc(CN)ccc21. The van der Waals surface area contributed by atoms with Gasteiger partial charge in [-0.25, -0.2) is 4.98 Å². The van der Waals surface area contributed by atoms with E-state index in [0.717, 1.165) is 29.9 Å². The molecule has 0 radical (unpaired) electrons. The number of benzene rings is 1. The normalized spacial score (nSPS) is 12.3. The number of imidazole rings is 1. The third-order valence-electron chi connectivity index (χ3n) is 3.17. The molecule has 1 aromatic carbocycles. The van der Waals surface area contributed by atoms with Gasteiger partial charge in [0.2, 0.25) is 0 Å². The average molecular weight is 245 g/mol. The fraction of sp³-hybridized carbons (Fsp3) is 0.533. The monoisotopic (exact) mass is 245 g/mol. The minimum atomic E-state index is 0.0665. The first-order chi connectivity index (χ1) is 8.47. The van der Waals surface area contributed by atoms with Crippen LogP contribution in [0.5, 0.6) is 0 Å². The van der Waals surface area contributed by atoms with Gasteiger partial charge in [-0.3, -0.25) is 0 Å². The van der Waals surface area contributed by atoms with Crippen molar-refractivity contribution in [3.63, 3.8) is 0 Å². The highest BCUT2D eigenvalue weighted by molar-refractivity contribution is 5.77. The molecule has 2 N–H and O–H groups in total. The van der Waals surface area contributed by atoms with Gasteiger partial charge in [0.15, 0.2) is 0 Å². The van der Waals surface area contributed by atoms with E-state index in [4.69, 9.17) is 10.7 Å². The van der Waals surface area contributed by atoms with E-state index in [1.54, 1.807) is 0 Å². The number of hydrogen-bond acceptors (Lipinski definition) is 2. The van der Waals surface area contributed by atoms with Crippen molar-refractivity contribution in [3.8, 4) is 0 Å². The molecule has 1 aromatic heterocycles. The lowest BCUT2D eigenvalue weighted by molar-refractivity contribution is 0.501. The van der Waals surface area contributed by atoms with E-state index in [1.165, 1.54) is 5.52 Å². The molecule has 0 saturated heterocycles. The number of fused-ring (bicyclic) bond motifs is 1. The summed E-state index contributed by atoms with van der Waals surface area (Å²) >= 11 is 0. The van der Waals surface area contributed by atoms with Gasteiger partial charge >= 0.3 is 0 Å². The van der Waals surface area contributed by atoms with Crippen LogP contribution in [0.15, 0.2) is 18.2 Å². The number of aryl methyl sites for hydroxylation is 1. The Bertz CT molecular complexity index is 547. The van der Waals surface area contributed by atoms with Gasteiger partial charge in [0.1, 0.15) is 5.82 Å². The van der Waals surface area contributed by atoms with Crippen LogP contribution in [0.1, 0.15) is 45.5 Å². The molecular formula is C15H23N3. The van der Waals surface area contributed by atoms with Gasteiger partial charge in [0.05, 0.1) is 11.0 Å². The second-order valence-electron chi connectivity index (χ2n) is 5.86. The average Bonchev–Trinajstić information content (AvgIpc) is 2.67. The van der Waals surface area contributed by atoms with Crippen molar-refractivity contribution in [1.29, 1.82) is 0 Å². The number of aromatic nitrogens is 2. The largest absolute Gasteiger partial charge is 0.328 e. The minimum absolute atomic E-state index is 0.0665. The maximum atomic E-state index is 5.70. The Labute approximate surface area is 109 Å². The molecule has 0 aliphatic rings. The summed E-state index contributed by atoms with van der Waals surface area (Å²) in [5.74, 6) is 1.16. The molecular weight excluding hydrogens is 222 g/mol. The third kappa shape index (κ3) is 2.27. The van der Waals surface area contributed by atoms with E-state index in [-0.39, 0.29) is 5.41 Å². The Morgan fingerprint density at radius 1 is 1.28 bits per heavy atom. The molecule has 3 nitrogen and oxygen atoms in total. The number of rotatable bonds is 3. The van der Waals surface area contributed by atoms with Crippen molar-refractivity contribution in [2.45, 2.75) is 52.6 Å². The summed E-state index contributed by atoms with van der Waals surface area (Å²) in [5, 5.41) is 0. The van der Waals surface area contributed by atoms with Gasteiger partial charge in [0.25, 0.3) is 0 Å². The van der Waals surface area contributed by atoms with Gasteiger partial charge in [-0.2, -0.15) is 0 Å². The van der Waals surface area contributed by atoms with E-state index < -0.39 is 0 Å². The second kappa shape index (κ2) is 4.73. The number of hydrogen-bond donors (Lipinski definition) is 1. The maximum Gasteiger partial charge on any atom is 0.115 e. The Hall–Kier alpha value is -1.35. The molecule has 98 valence electrons. The van der Waals surface area contributed by atoms with Crippen LogP contribution in [0.3, 0.4) is 0 Å². The third-order valence-corrected chi connectivity index (χ3v) is 3.17. The molecule has 2 aromatic rings. The van der Waals surface area contributed by atoms with Crippen LogP contribution in [-0.4, -0.2) is 9.55 Å². The molecule has 0 unspecified atom stereocenters. The molecule has 0 amide bonds. The summed E-state index contributed by atoms with van der Waals surface area (Å²) in [4.78, 5) is 4.82. The van der Waals surface area contributed by atoms with Crippen molar-refractivity contribution in [2.75, 3.05) is 0 Å². The zero-order chi connectivity index (χ0) is 13.3. The summed E-state index contributed by atoms with van der Waals surface area (Å²) in [7, 11) is 0. The van der Waals surface area contributed by atoms with Gasteiger partial charge in [-0.05, 0) is 24.1 Å². The quantitative estimate of drug-likeness (QED) is 0.902. The van der Waals surface area contributed by atoms with Crippen molar-refractivity contribution in [1.82, 2.24) is 9.55 Å². The van der Waals surface area contributed by atoms with E-state index in [2.05, 4.69) is 50.5 Å². The predicted molar refractivity (Wildman–Crippen MR) is 76.6 cm³/mol. The van der Waals surface area contributed by atoms with E-state index in [9.17, 15) is 0 Å². The first kappa shape index (κ1) is 13.1. The molecule has 2 rings (SSSR count). The van der Waals surface area contributed by atoms with Gasteiger partial charge in [0, 0.05) is 18.5 Å². The highest BCUT2D eigenvalue weighted by Gasteiger charge is 2.22. The lowest BCUT2D eigenvalue weighted by Gasteiger charge is -2.19. The van der Waals surface area contributed by atoms with Crippen LogP contribution in [0.2, 0.25) is 0 Å². The molecule has 0 fully saturated rings. The fourth-order valence-electron chi connectivity index (χ4n) is 2.32. The zero-order valence-corrected chi connectivity index (χ0v) is 11.8. The van der Waals surface area contributed by atoms with E-state index >= 15 is 0 Å². The van der Waals surface area contributed by atoms with Crippen LogP contribution in [0.25, 0.3) is 11.0 Å². The topological polar surface area (TPSA) is 43.8 Å². The summed E-state index contributed by atoms with van der Waals surface area (Å²) in [6, 6.07) is 6.36. The maximum absolute atomic E-state index is 5.70. The molecule has 0 aliphatic carbocycles. The smallest absolute Gasteiger partial charge is 0.115 e. The highest BCUT2D eigenvalue weighted by Crippen LogP contribution is 2.27. The second-order valence-corrected chi connectivity index (χ2v) is 5.86. The Kier molecular flexibility index (Phi) is 3.44. The van der Waals surface area contributed by atoms with Crippen molar-refractivity contribution in [2.24, 2.45) is 5.73 Å². The minimum Gasteiger partial charge on any atom is -0.328 e. The van der Waals surface area contributed by atoms with Crippen LogP contribution in [0.4, 0.5) is 0 Å². The Balaban J connectivity index is 2.66. The van der Waals surface area contributed by atoms with Gasteiger partial charge in [-0.15, -0.1) is 0 Å². The predicted octanol–water partition coefficient (Wildman–Crippen LogP) is 3.20. The van der Waals surface area contributed by atoms with Crippen molar-refractivity contribution in [3.05, 3.63) is 29.6 Å². The lowest BCUT2D eigenvalue weighted by Crippen LogP contribution is -2.19. The van der Waals surface area contributed by atoms with Crippen LogP contribution in [0, 0.1) is 0 Å². The first-order valence-electron chi connectivity index (χ1n) is 6.67. The summed E-state index contributed by atoms with van der Waals surface area (Å²) in [5.41, 5.74) is 9.19. The van der Waals surface area contributed by atoms with Crippen LogP contribution in [-0.2, 0) is 18.5 Å². The van der Waals surface area contributed by atoms with Crippen LogP contribution >= 0.6 is 0 Å². The van der Waals surface area contributed by atoms with Crippen molar-refractivity contribution >= 4 is 11.0 Å². The fourth-order valence-corrected chi connectivity index (χ4v) is 2.32. The van der Waals surface area contributed by atoms with E-state index in [1.807, 2.05) is 0 Å². The molecule has 0 spiro atoms. The summed E-state index contributed by atoms with van der Waals surface area (Å²) in [6.07, 6.45) is 1.12. The van der Waals surface area contributed by atoms with Crippen LogP contribution < -0.4 is 5.73 Å². The molecule has 3 heteroatoms. The molecule has 0 aliphatic heterocycles. The first-order valence-corrected chi connectivity index (χ1v) is 6.67. The van der Waals surface area contributed by atoms with E-state index in [0.29, 0.717) is 6.54 Å². The molecule has 0 atom stereocenters. The highest BCUT2D eigenvalue weighted by atomic mass is 15.1. The summed E-state index contributed by atoms with van der Waals surface area (Å²) in [6.45, 7) is 10.4. The van der Waals surface area contributed by atoms with Gasteiger partial charge in [-0.1, -0.05) is 33.8 Å². The van der Waals surface area contributed by atoms with Gasteiger partial charge < -0.3 is 10.3 Å². The standard InChI is InChI=1S/C15H23N3/c1-5-8-18-13-7-6-11(10-16)9-12(13)17-14(18)15(2,3)4/h6-7,9H,5,8,10,16H2,1-4H3. The Morgan fingerprint density at radius 2 is 2.00 bits per heavy atom. The zero-order valence-electron chi connectivity index (χ0n) is 11.8. The molecule has 1 heterocycles. The van der Waals surface area contributed by atoms with Crippen molar-refractivity contribution < 1.29 is 0 Å². The number of nitrogens with zero attached hydrogens (tertiary/aromatic N) is 2. The molecule has 0 bridgehead atoms. The molecule has 18 heavy (non-hydrogen) atoms. The Morgan fingerprint density at radius 3 is 2.56 bits per heavy atom. The lowest BCUT2D eigenvalue weighted by atomic mass is 9.95. The molecule has 0 saturated carbocycles. The summed E-state index contributed by atoms with van der Waals surface area (Å²) < 4.78 is 2.34.